The first kappa shape index (κ1) is 19.2. The fraction of sp³-hybridized carbons (Fsp3) is 0.273. The molecule has 0 aromatic heterocycles. The number of terminal acetylenes is 1. The predicted octanol–water partition coefficient (Wildman–Crippen LogP) is 4.53. The lowest BCUT2D eigenvalue weighted by Crippen LogP contribution is -2.34. The average Bonchev–Trinajstić information content (AvgIpc) is 2.60. The molecule has 25 heavy (non-hydrogen) atoms. The molecule has 0 N–H and O–H groups in total. The summed E-state index contributed by atoms with van der Waals surface area (Å²) in [6.45, 7) is 10.1. The van der Waals surface area contributed by atoms with Gasteiger partial charge in [-0.25, -0.2) is 0 Å². The molecule has 130 valence electrons. The minimum Gasteiger partial charge on any atom is -0.357 e. The van der Waals surface area contributed by atoms with E-state index in [4.69, 9.17) is 11.2 Å². The molecule has 2 nitrogen and oxygen atoms in total. The maximum atomic E-state index is 12.9. The van der Waals surface area contributed by atoms with Crippen LogP contribution < -0.4 is 0 Å². The van der Waals surface area contributed by atoms with Crippen LogP contribution in [-0.4, -0.2) is 22.2 Å². The van der Waals surface area contributed by atoms with E-state index < -0.39 is 16.4 Å². The summed E-state index contributed by atoms with van der Waals surface area (Å²) in [6.07, 6.45) is 5.70. The molecule has 2 rings (SSSR count). The molecule has 0 heterocycles. The monoisotopic (exact) mass is 352 g/mol. The molecular weight excluding hydrogens is 328 g/mol. The second kappa shape index (κ2) is 8.29. The van der Waals surface area contributed by atoms with Crippen LogP contribution in [0.2, 0.25) is 0 Å². The Morgan fingerprint density at radius 3 is 2.32 bits per heavy atom. The van der Waals surface area contributed by atoms with Crippen molar-refractivity contribution in [3.05, 3.63) is 71.8 Å². The number of rotatable bonds is 7. The van der Waals surface area contributed by atoms with Crippen LogP contribution in [0.25, 0.3) is 5.57 Å². The normalized spacial score (nSPS) is 14.3. The average molecular weight is 352 g/mol. The van der Waals surface area contributed by atoms with Gasteiger partial charge in [-0.3, -0.25) is 4.21 Å². The highest BCUT2D eigenvalue weighted by atomic mass is 32.2. The molecule has 0 saturated heterocycles. The van der Waals surface area contributed by atoms with Crippen molar-refractivity contribution >= 4 is 16.4 Å². The lowest BCUT2D eigenvalue weighted by atomic mass is 10.1. The number of ether oxygens (including phenoxy) is 1. The topological polar surface area (TPSA) is 26.3 Å². The Labute approximate surface area is 153 Å². The molecule has 0 saturated carbocycles. The van der Waals surface area contributed by atoms with E-state index in [1.807, 2.05) is 62.4 Å². The van der Waals surface area contributed by atoms with Crippen LogP contribution in [0.3, 0.4) is 0 Å². The zero-order chi connectivity index (χ0) is 18.4. The summed E-state index contributed by atoms with van der Waals surface area (Å²) in [5, 5.41) is 0. The Bertz CT molecular complexity index is 797. The van der Waals surface area contributed by atoms with E-state index >= 15 is 0 Å². The van der Waals surface area contributed by atoms with Crippen LogP contribution in [-0.2, 0) is 15.5 Å². The second-order valence-corrected chi connectivity index (χ2v) is 7.73. The molecule has 0 amide bonds. The first-order chi connectivity index (χ1) is 11.9. The Morgan fingerprint density at radius 2 is 1.76 bits per heavy atom. The standard InChI is InChI=1S/C22H24O2S/c1-6-22(5,24-15-19(4)20-13-8-7-9-14-20)16-25(23)21-17(2)11-10-12-18(21)3/h1,7-14H,4,15-16H2,2-3,5H3. The fourth-order valence-corrected chi connectivity index (χ4v) is 4.27. The summed E-state index contributed by atoms with van der Waals surface area (Å²) < 4.78 is 18.8. The van der Waals surface area contributed by atoms with Gasteiger partial charge in [-0.05, 0) is 43.0 Å². The van der Waals surface area contributed by atoms with Gasteiger partial charge in [0.1, 0.15) is 5.60 Å². The highest BCUT2D eigenvalue weighted by molar-refractivity contribution is 7.85. The van der Waals surface area contributed by atoms with Crippen molar-refractivity contribution in [2.24, 2.45) is 0 Å². The molecule has 2 atom stereocenters. The minimum absolute atomic E-state index is 0.247. The van der Waals surface area contributed by atoms with Crippen molar-refractivity contribution in [2.75, 3.05) is 12.4 Å². The molecule has 2 aromatic rings. The van der Waals surface area contributed by atoms with Crippen LogP contribution in [0, 0.1) is 26.2 Å². The van der Waals surface area contributed by atoms with E-state index in [0.29, 0.717) is 6.61 Å². The Balaban J connectivity index is 2.09. The highest BCUT2D eigenvalue weighted by Crippen LogP contribution is 2.23. The molecule has 0 bridgehead atoms. The number of aryl methyl sites for hydroxylation is 2. The predicted molar refractivity (Wildman–Crippen MR) is 106 cm³/mol. The molecule has 0 aliphatic rings. The number of hydrogen-bond donors (Lipinski definition) is 0. The van der Waals surface area contributed by atoms with Crippen molar-refractivity contribution in [1.29, 1.82) is 0 Å². The Morgan fingerprint density at radius 1 is 1.16 bits per heavy atom. The van der Waals surface area contributed by atoms with Crippen LogP contribution in [0.1, 0.15) is 23.6 Å². The molecule has 0 spiro atoms. The minimum atomic E-state index is -1.23. The van der Waals surface area contributed by atoms with E-state index in [1.54, 1.807) is 6.92 Å². The van der Waals surface area contributed by atoms with Gasteiger partial charge in [0.15, 0.2) is 0 Å². The zero-order valence-electron chi connectivity index (χ0n) is 15.0. The van der Waals surface area contributed by atoms with E-state index in [2.05, 4.69) is 12.5 Å². The first-order valence-electron chi connectivity index (χ1n) is 8.16. The molecule has 0 radical (unpaired) electrons. The van der Waals surface area contributed by atoms with Crippen molar-refractivity contribution in [1.82, 2.24) is 0 Å². The molecule has 0 aliphatic carbocycles. The van der Waals surface area contributed by atoms with Crippen molar-refractivity contribution in [2.45, 2.75) is 31.3 Å². The van der Waals surface area contributed by atoms with E-state index in [0.717, 1.165) is 27.2 Å². The molecule has 3 heteroatoms. The molecule has 0 fully saturated rings. The van der Waals surface area contributed by atoms with Crippen LogP contribution >= 0.6 is 0 Å². The SMILES string of the molecule is C#CC(C)(CS(=O)c1c(C)cccc1C)OCC(=C)c1ccccc1. The maximum Gasteiger partial charge on any atom is 0.137 e. The third-order valence-electron chi connectivity index (χ3n) is 4.10. The molecule has 2 aromatic carbocycles. The quantitative estimate of drug-likeness (QED) is 0.684. The van der Waals surface area contributed by atoms with Crippen molar-refractivity contribution in [3.63, 3.8) is 0 Å². The lowest BCUT2D eigenvalue weighted by molar-refractivity contribution is 0.0539. The van der Waals surface area contributed by atoms with Gasteiger partial charge in [0, 0.05) is 4.90 Å². The van der Waals surface area contributed by atoms with Crippen LogP contribution in [0.15, 0.2) is 60.0 Å². The molecule has 2 unspecified atom stereocenters. The fourth-order valence-electron chi connectivity index (χ4n) is 2.61. The third kappa shape index (κ3) is 4.92. The second-order valence-electron chi connectivity index (χ2n) is 6.34. The highest BCUT2D eigenvalue weighted by Gasteiger charge is 2.27. The van der Waals surface area contributed by atoms with Gasteiger partial charge < -0.3 is 4.74 Å². The van der Waals surface area contributed by atoms with E-state index in [-0.39, 0.29) is 5.75 Å². The zero-order valence-corrected chi connectivity index (χ0v) is 15.9. The summed E-state index contributed by atoms with van der Waals surface area (Å²) in [5.74, 6) is 2.92. The third-order valence-corrected chi connectivity index (χ3v) is 6.01. The van der Waals surface area contributed by atoms with Crippen LogP contribution in [0.5, 0.6) is 0 Å². The lowest BCUT2D eigenvalue weighted by Gasteiger charge is -2.25. The maximum absolute atomic E-state index is 12.9. The van der Waals surface area contributed by atoms with Gasteiger partial charge in [0.05, 0.1) is 23.2 Å². The summed E-state index contributed by atoms with van der Waals surface area (Å²) in [4.78, 5) is 0.842. The van der Waals surface area contributed by atoms with Gasteiger partial charge in [0.2, 0.25) is 0 Å². The van der Waals surface area contributed by atoms with Crippen molar-refractivity contribution < 1.29 is 8.95 Å². The number of benzene rings is 2. The Kier molecular flexibility index (Phi) is 6.36. The van der Waals surface area contributed by atoms with E-state index in [9.17, 15) is 4.21 Å². The van der Waals surface area contributed by atoms with Gasteiger partial charge in [0.25, 0.3) is 0 Å². The summed E-state index contributed by atoms with van der Waals surface area (Å²) in [7, 11) is -1.23. The smallest absolute Gasteiger partial charge is 0.137 e. The van der Waals surface area contributed by atoms with Gasteiger partial charge in [-0.2, -0.15) is 0 Å². The number of hydrogen-bond acceptors (Lipinski definition) is 2. The van der Waals surface area contributed by atoms with Crippen molar-refractivity contribution in [3.8, 4) is 12.3 Å². The molecular formula is C22H24O2S. The summed E-state index contributed by atoms with van der Waals surface area (Å²) in [5.41, 5.74) is 2.95. The van der Waals surface area contributed by atoms with Gasteiger partial charge in [-0.1, -0.05) is 61.0 Å². The van der Waals surface area contributed by atoms with E-state index in [1.165, 1.54) is 0 Å². The first-order valence-corrected chi connectivity index (χ1v) is 9.48. The largest absolute Gasteiger partial charge is 0.357 e. The molecule has 0 aliphatic heterocycles. The van der Waals surface area contributed by atoms with Crippen LogP contribution in [0.4, 0.5) is 0 Å². The summed E-state index contributed by atoms with van der Waals surface area (Å²) in [6, 6.07) is 15.7. The van der Waals surface area contributed by atoms with Gasteiger partial charge >= 0.3 is 0 Å². The Hall–Kier alpha value is -2.15. The van der Waals surface area contributed by atoms with Gasteiger partial charge in [-0.15, -0.1) is 6.42 Å². The summed E-state index contributed by atoms with van der Waals surface area (Å²) >= 11 is 0.